The molecule has 0 spiro atoms. The van der Waals surface area contributed by atoms with E-state index in [1.807, 2.05) is 5.34 Å². The van der Waals surface area contributed by atoms with Crippen LogP contribution in [0.2, 0.25) is 0 Å². The van der Waals surface area contributed by atoms with Gasteiger partial charge >= 0.3 is 29.6 Å². The molecule has 0 aliphatic rings. The molecular weight excluding hydrogens is 203 g/mol. The summed E-state index contributed by atoms with van der Waals surface area (Å²) in [7, 11) is 0. The van der Waals surface area contributed by atoms with Crippen LogP contribution in [0.5, 0.6) is 5.88 Å². The Kier molecular flexibility index (Phi) is 4.91. The zero-order chi connectivity index (χ0) is 9.84. The third kappa shape index (κ3) is 2.58. The molecule has 1 rings (SSSR count). The van der Waals surface area contributed by atoms with Gasteiger partial charge < -0.3 is 16.3 Å². The summed E-state index contributed by atoms with van der Waals surface area (Å²) in [4.78, 5) is 30.7. The van der Waals surface area contributed by atoms with Gasteiger partial charge in [0, 0.05) is 0 Å². The van der Waals surface area contributed by atoms with Crippen molar-refractivity contribution in [2.75, 3.05) is 11.5 Å². The summed E-state index contributed by atoms with van der Waals surface area (Å²) in [5.74, 6) is -0.986. The molecular formula is C4H5N6NaO3. The molecule has 1 heterocycles. The molecule has 0 atom stereocenters. The SMILES string of the molecule is Nc1nc(N)c(N=O)c(ON=O)n1.[NaH]. The molecule has 0 aromatic carbocycles. The number of nitrogens with two attached hydrogens (primary N) is 2. The maximum absolute atomic E-state index is 10.2. The molecule has 9 nitrogen and oxygen atoms in total. The number of nitrogen functional groups attached to an aromatic ring is 2. The third-order valence-electron chi connectivity index (χ3n) is 1.11. The van der Waals surface area contributed by atoms with Crippen LogP contribution < -0.4 is 16.3 Å². The third-order valence-corrected chi connectivity index (χ3v) is 1.11. The Bertz CT molecular complexity index is 357. The number of hydrogen-bond acceptors (Lipinski definition) is 9. The van der Waals surface area contributed by atoms with Crippen LogP contribution in [0.25, 0.3) is 0 Å². The van der Waals surface area contributed by atoms with Gasteiger partial charge in [0.15, 0.2) is 11.2 Å². The predicted molar refractivity (Wildman–Crippen MR) is 49.9 cm³/mol. The second-order valence-corrected chi connectivity index (χ2v) is 1.88. The van der Waals surface area contributed by atoms with Crippen molar-refractivity contribution >= 4 is 47.0 Å². The average molecular weight is 208 g/mol. The van der Waals surface area contributed by atoms with E-state index >= 15 is 0 Å². The first kappa shape index (κ1) is 12.7. The first-order valence-electron chi connectivity index (χ1n) is 2.95. The van der Waals surface area contributed by atoms with E-state index in [1.165, 1.54) is 0 Å². The monoisotopic (exact) mass is 208 g/mol. The van der Waals surface area contributed by atoms with Gasteiger partial charge in [-0.25, -0.2) is 0 Å². The maximum atomic E-state index is 10.2. The van der Waals surface area contributed by atoms with Gasteiger partial charge in [0.1, 0.15) is 0 Å². The minimum atomic E-state index is -0.463. The van der Waals surface area contributed by atoms with Crippen molar-refractivity contribution in [1.82, 2.24) is 9.97 Å². The van der Waals surface area contributed by atoms with Crippen LogP contribution in [-0.4, -0.2) is 39.5 Å². The summed E-state index contributed by atoms with van der Waals surface area (Å²) in [6, 6.07) is 0. The standard InChI is InChI=1S/C4H4N6O3.Na.H/c5-2-1(9-11)3(13-10-12)8-4(6)7-2;;/h(H4,5,6,7,8);;. The van der Waals surface area contributed by atoms with Gasteiger partial charge in [-0.1, -0.05) is 0 Å². The molecule has 4 N–H and O–H groups in total. The van der Waals surface area contributed by atoms with Gasteiger partial charge in [-0.2, -0.15) is 9.97 Å². The summed E-state index contributed by atoms with van der Waals surface area (Å²) < 4.78 is 0. The fraction of sp³-hybridized carbons (Fsp3) is 0. The van der Waals surface area contributed by atoms with E-state index in [0.717, 1.165) is 0 Å². The number of nitroso groups, excluding NO2 is 1. The van der Waals surface area contributed by atoms with Gasteiger partial charge in [-0.15, -0.1) is 9.81 Å². The molecule has 0 unspecified atom stereocenters. The molecule has 1 aromatic heterocycles. The minimum absolute atomic E-state index is 0. The van der Waals surface area contributed by atoms with Crippen LogP contribution in [0, 0.1) is 9.81 Å². The van der Waals surface area contributed by atoms with Gasteiger partial charge in [0.25, 0.3) is 5.88 Å². The van der Waals surface area contributed by atoms with Crippen molar-refractivity contribution in [1.29, 1.82) is 0 Å². The fourth-order valence-corrected chi connectivity index (χ4v) is 0.653. The average Bonchev–Trinajstić information content (AvgIpc) is 2.04. The number of rotatable bonds is 3. The summed E-state index contributed by atoms with van der Waals surface area (Å²) >= 11 is 0. The molecule has 10 heteroatoms. The first-order valence-corrected chi connectivity index (χ1v) is 2.95. The molecule has 0 fully saturated rings. The van der Waals surface area contributed by atoms with Crippen molar-refractivity contribution in [3.63, 3.8) is 0 Å². The summed E-state index contributed by atoms with van der Waals surface area (Å²) in [5.41, 5.74) is 9.95. The zero-order valence-corrected chi connectivity index (χ0v) is 6.17. The molecule has 0 bridgehead atoms. The van der Waals surface area contributed by atoms with Crippen LogP contribution in [0.3, 0.4) is 0 Å². The van der Waals surface area contributed by atoms with Gasteiger partial charge in [-0.05, 0) is 5.18 Å². The molecule has 0 saturated carbocycles. The zero-order valence-electron chi connectivity index (χ0n) is 6.17. The van der Waals surface area contributed by atoms with E-state index in [0.29, 0.717) is 0 Å². The summed E-state index contributed by atoms with van der Waals surface area (Å²) in [6.07, 6.45) is 0. The molecule has 70 valence electrons. The Morgan fingerprint density at radius 2 is 1.86 bits per heavy atom. The van der Waals surface area contributed by atoms with Crippen LogP contribution in [0.15, 0.2) is 10.5 Å². The number of anilines is 2. The fourth-order valence-electron chi connectivity index (χ4n) is 0.653. The molecule has 0 aliphatic carbocycles. The molecule has 0 amide bonds. The Hall–Kier alpha value is -1.32. The van der Waals surface area contributed by atoms with E-state index in [2.05, 4.69) is 20.0 Å². The second kappa shape index (κ2) is 5.42. The predicted octanol–water partition coefficient (Wildman–Crippen LogP) is -0.549. The molecule has 0 radical (unpaired) electrons. The van der Waals surface area contributed by atoms with Gasteiger partial charge in [-0.3, -0.25) is 0 Å². The summed E-state index contributed by atoms with van der Waals surface area (Å²) in [6.45, 7) is 0. The van der Waals surface area contributed by atoms with Crippen molar-refractivity contribution in [3.8, 4) is 5.88 Å². The number of hydrogen-bond donors (Lipinski definition) is 2. The summed E-state index contributed by atoms with van der Waals surface area (Å²) in [5, 5.41) is 4.50. The van der Waals surface area contributed by atoms with Gasteiger partial charge in [0.2, 0.25) is 11.6 Å². The van der Waals surface area contributed by atoms with Crippen molar-refractivity contribution in [2.24, 2.45) is 10.5 Å². The van der Waals surface area contributed by atoms with Gasteiger partial charge in [0.05, 0.1) is 0 Å². The number of nitrogens with zero attached hydrogens (tertiary/aromatic N) is 4. The van der Waals surface area contributed by atoms with E-state index in [-0.39, 0.29) is 41.3 Å². The van der Waals surface area contributed by atoms with Crippen molar-refractivity contribution < 1.29 is 4.84 Å². The Morgan fingerprint density at radius 1 is 1.21 bits per heavy atom. The van der Waals surface area contributed by atoms with Crippen molar-refractivity contribution in [2.45, 2.75) is 0 Å². The van der Waals surface area contributed by atoms with Crippen LogP contribution in [0.1, 0.15) is 0 Å². The van der Waals surface area contributed by atoms with Crippen LogP contribution >= 0.6 is 0 Å². The Balaban J connectivity index is 0.00000169. The van der Waals surface area contributed by atoms with Crippen LogP contribution in [0.4, 0.5) is 17.5 Å². The molecule has 1 aromatic rings. The molecule has 0 saturated heterocycles. The molecule has 0 aliphatic heterocycles. The Morgan fingerprint density at radius 3 is 2.36 bits per heavy atom. The quantitative estimate of drug-likeness (QED) is 0.384. The van der Waals surface area contributed by atoms with Crippen molar-refractivity contribution in [3.05, 3.63) is 9.81 Å². The van der Waals surface area contributed by atoms with E-state index in [4.69, 9.17) is 11.5 Å². The Labute approximate surface area is 99.4 Å². The first-order chi connectivity index (χ1) is 6.19. The second-order valence-electron chi connectivity index (χ2n) is 1.88. The van der Waals surface area contributed by atoms with Crippen LogP contribution in [-0.2, 0) is 0 Å². The normalized spacial score (nSPS) is 8.57. The van der Waals surface area contributed by atoms with E-state index < -0.39 is 11.6 Å². The number of aromatic nitrogens is 2. The van der Waals surface area contributed by atoms with E-state index in [9.17, 15) is 9.81 Å². The van der Waals surface area contributed by atoms with E-state index in [1.54, 1.807) is 0 Å². The molecule has 14 heavy (non-hydrogen) atoms. The topological polar surface area (TPSA) is 146 Å².